The van der Waals surface area contributed by atoms with E-state index in [1.165, 1.54) is 12.1 Å². The van der Waals surface area contributed by atoms with Crippen molar-refractivity contribution in [2.45, 2.75) is 31.7 Å². The third kappa shape index (κ3) is 7.57. The number of fused-ring (bicyclic) bond motifs is 1. The molecule has 1 amide bonds. The molecule has 3 rings (SSSR count). The molecule has 0 fully saturated rings. The average molecular weight is 565 g/mol. The maximum atomic E-state index is 13.0. The van der Waals surface area contributed by atoms with Crippen molar-refractivity contribution in [3.05, 3.63) is 64.3 Å². The number of carbonyl (C=O) groups is 2. The molecule has 1 heterocycles. The lowest BCUT2D eigenvalue weighted by molar-refractivity contribution is -0.142. The van der Waals surface area contributed by atoms with Gasteiger partial charge >= 0.3 is 5.97 Å². The van der Waals surface area contributed by atoms with E-state index in [-0.39, 0.29) is 24.0 Å². The van der Waals surface area contributed by atoms with Crippen molar-refractivity contribution < 1.29 is 32.2 Å². The number of amides is 1. The van der Waals surface area contributed by atoms with Gasteiger partial charge in [-0.05, 0) is 62.2 Å². The molecule has 9 nitrogen and oxygen atoms in total. The Bertz CT molecular complexity index is 1380. The van der Waals surface area contributed by atoms with Crippen LogP contribution >= 0.6 is 11.6 Å². The van der Waals surface area contributed by atoms with Crippen LogP contribution in [0.5, 0.6) is 0 Å². The largest absolute Gasteiger partial charge is 0.462 e. The summed E-state index contributed by atoms with van der Waals surface area (Å²) in [6.07, 6.45) is 0. The van der Waals surface area contributed by atoms with Crippen LogP contribution in [0.25, 0.3) is 10.9 Å². The molecule has 1 unspecified atom stereocenters. The Hall–Kier alpha value is -2.92. The molecule has 1 aromatic heterocycles. The molecule has 1 N–H and O–H groups in total. The Morgan fingerprint density at radius 3 is 2.37 bits per heavy atom. The van der Waals surface area contributed by atoms with Crippen LogP contribution in [0.2, 0.25) is 5.02 Å². The minimum absolute atomic E-state index is 0.0108. The van der Waals surface area contributed by atoms with E-state index in [1.807, 2.05) is 26.0 Å². The standard InChI is InChI=1S/C27H33ClN2O7S/c1-5-35-10-11-36-12-13-37-26(31)17-38(33,34)21-8-6-20(7-9-21)19(3)29-27(32)25-16-22-23(28)14-18(2)15-24(22)30(25)4/h6-9,14-16,19H,5,10-13,17H2,1-4H3,(H,29,32). The van der Waals surface area contributed by atoms with Gasteiger partial charge in [-0.1, -0.05) is 23.7 Å². The number of ether oxygens (including phenoxy) is 3. The Kier molecular flexibility index (Phi) is 10.3. The van der Waals surface area contributed by atoms with Crippen LogP contribution < -0.4 is 5.32 Å². The lowest BCUT2D eigenvalue weighted by atomic mass is 10.1. The number of halogens is 1. The maximum Gasteiger partial charge on any atom is 0.321 e. The van der Waals surface area contributed by atoms with Crippen molar-refractivity contribution in [2.24, 2.45) is 7.05 Å². The van der Waals surface area contributed by atoms with E-state index in [9.17, 15) is 18.0 Å². The first-order chi connectivity index (χ1) is 18.0. The number of benzene rings is 2. The molecule has 38 heavy (non-hydrogen) atoms. The minimum atomic E-state index is -3.89. The van der Waals surface area contributed by atoms with E-state index in [0.29, 0.717) is 36.1 Å². The van der Waals surface area contributed by atoms with E-state index in [1.54, 1.807) is 36.7 Å². The molecule has 1 atom stereocenters. The fraction of sp³-hybridized carbons (Fsp3) is 0.407. The molecule has 0 aliphatic rings. The quantitative estimate of drug-likeness (QED) is 0.246. The Morgan fingerprint density at radius 2 is 1.68 bits per heavy atom. The van der Waals surface area contributed by atoms with Gasteiger partial charge in [-0.2, -0.15) is 0 Å². The molecule has 3 aromatic rings. The highest BCUT2D eigenvalue weighted by Crippen LogP contribution is 2.28. The highest BCUT2D eigenvalue weighted by atomic mass is 35.5. The summed E-state index contributed by atoms with van der Waals surface area (Å²) in [7, 11) is -2.09. The molecule has 0 radical (unpaired) electrons. The maximum absolute atomic E-state index is 13.0. The summed E-state index contributed by atoms with van der Waals surface area (Å²) in [5, 5.41) is 4.31. The number of carbonyl (C=O) groups excluding carboxylic acids is 2. The van der Waals surface area contributed by atoms with Gasteiger partial charge in [0.2, 0.25) is 0 Å². The van der Waals surface area contributed by atoms with Gasteiger partial charge in [-0.15, -0.1) is 0 Å². The van der Waals surface area contributed by atoms with Crippen LogP contribution in [0.3, 0.4) is 0 Å². The summed E-state index contributed by atoms with van der Waals surface area (Å²) in [6, 6.07) is 11.2. The van der Waals surface area contributed by atoms with Crippen LogP contribution in [-0.2, 0) is 35.9 Å². The van der Waals surface area contributed by atoms with Crippen molar-refractivity contribution in [3.8, 4) is 0 Å². The first-order valence-electron chi connectivity index (χ1n) is 12.2. The number of aromatic nitrogens is 1. The summed E-state index contributed by atoms with van der Waals surface area (Å²) in [4.78, 5) is 25.0. The number of aryl methyl sites for hydroxylation is 2. The first-order valence-corrected chi connectivity index (χ1v) is 14.3. The molecule has 0 spiro atoms. The fourth-order valence-corrected chi connectivity index (χ4v) is 5.35. The third-order valence-electron chi connectivity index (χ3n) is 5.95. The van der Waals surface area contributed by atoms with Gasteiger partial charge in [0.1, 0.15) is 12.3 Å². The molecule has 206 valence electrons. The Labute approximate surface area is 227 Å². The SMILES string of the molecule is CCOCCOCCOC(=O)CS(=O)(=O)c1ccc(C(C)NC(=O)c2cc3c(Cl)cc(C)cc3n2C)cc1. The van der Waals surface area contributed by atoms with Gasteiger partial charge in [0, 0.05) is 19.0 Å². The zero-order valence-electron chi connectivity index (χ0n) is 22.0. The second-order valence-electron chi connectivity index (χ2n) is 8.82. The summed E-state index contributed by atoms with van der Waals surface area (Å²) in [5.74, 6) is -1.92. The average Bonchev–Trinajstić information content (AvgIpc) is 3.20. The molecule has 0 saturated carbocycles. The van der Waals surface area contributed by atoms with Crippen LogP contribution in [0.4, 0.5) is 0 Å². The zero-order chi connectivity index (χ0) is 27.9. The smallest absolute Gasteiger partial charge is 0.321 e. The van der Waals surface area contributed by atoms with Crippen molar-refractivity contribution in [1.29, 1.82) is 0 Å². The molecule has 0 bridgehead atoms. The van der Waals surface area contributed by atoms with Gasteiger partial charge in [-0.3, -0.25) is 9.59 Å². The summed E-state index contributed by atoms with van der Waals surface area (Å²) in [5.41, 5.74) is 3.01. The summed E-state index contributed by atoms with van der Waals surface area (Å²) in [6.45, 7) is 7.12. The van der Waals surface area contributed by atoms with E-state index in [2.05, 4.69) is 5.32 Å². The number of rotatable bonds is 13. The number of esters is 1. The van der Waals surface area contributed by atoms with Gasteiger partial charge in [0.15, 0.2) is 15.6 Å². The van der Waals surface area contributed by atoms with Crippen LogP contribution in [-0.4, -0.2) is 63.6 Å². The lowest BCUT2D eigenvalue weighted by Gasteiger charge is -2.15. The number of nitrogens with one attached hydrogen (secondary N) is 1. The van der Waals surface area contributed by atoms with Crippen LogP contribution in [0.1, 0.15) is 41.5 Å². The molecule has 2 aromatic carbocycles. The summed E-state index contributed by atoms with van der Waals surface area (Å²) >= 11 is 6.36. The molecule has 0 aliphatic carbocycles. The Morgan fingerprint density at radius 1 is 1.03 bits per heavy atom. The van der Waals surface area contributed by atoms with E-state index in [0.717, 1.165) is 16.5 Å². The predicted molar refractivity (Wildman–Crippen MR) is 145 cm³/mol. The molecular weight excluding hydrogens is 532 g/mol. The van der Waals surface area contributed by atoms with Crippen molar-refractivity contribution in [2.75, 3.05) is 38.8 Å². The van der Waals surface area contributed by atoms with Crippen LogP contribution in [0.15, 0.2) is 47.4 Å². The highest BCUT2D eigenvalue weighted by Gasteiger charge is 2.22. The van der Waals surface area contributed by atoms with Crippen molar-refractivity contribution in [3.63, 3.8) is 0 Å². The fourth-order valence-electron chi connectivity index (χ4n) is 3.91. The van der Waals surface area contributed by atoms with Crippen LogP contribution in [0, 0.1) is 6.92 Å². The van der Waals surface area contributed by atoms with Gasteiger partial charge in [0.05, 0.1) is 41.3 Å². The molecule has 0 saturated heterocycles. The van der Waals surface area contributed by atoms with Crippen molar-refractivity contribution in [1.82, 2.24) is 9.88 Å². The third-order valence-corrected chi connectivity index (χ3v) is 7.87. The second-order valence-corrected chi connectivity index (χ2v) is 11.2. The number of hydrogen-bond donors (Lipinski definition) is 1. The molecular formula is C27H33ClN2O7S. The van der Waals surface area contributed by atoms with Gasteiger partial charge in [-0.25, -0.2) is 8.42 Å². The summed E-state index contributed by atoms with van der Waals surface area (Å²) < 4.78 is 42.4. The highest BCUT2D eigenvalue weighted by molar-refractivity contribution is 7.92. The van der Waals surface area contributed by atoms with E-state index >= 15 is 0 Å². The molecule has 11 heteroatoms. The predicted octanol–water partition coefficient (Wildman–Crippen LogP) is 4.00. The van der Waals surface area contributed by atoms with Gasteiger partial charge < -0.3 is 24.1 Å². The normalized spacial score (nSPS) is 12.4. The van der Waals surface area contributed by atoms with E-state index in [4.69, 9.17) is 25.8 Å². The number of hydrogen-bond acceptors (Lipinski definition) is 7. The Balaban J connectivity index is 1.57. The van der Waals surface area contributed by atoms with Gasteiger partial charge in [0.25, 0.3) is 5.91 Å². The molecule has 0 aliphatic heterocycles. The number of nitrogens with zero attached hydrogens (tertiary/aromatic N) is 1. The minimum Gasteiger partial charge on any atom is -0.462 e. The van der Waals surface area contributed by atoms with Crippen molar-refractivity contribution >= 4 is 44.2 Å². The monoisotopic (exact) mass is 564 g/mol. The lowest BCUT2D eigenvalue weighted by Crippen LogP contribution is -2.28. The second kappa shape index (κ2) is 13.2. The van der Waals surface area contributed by atoms with E-state index < -0.39 is 27.6 Å². The first kappa shape index (κ1) is 29.6. The topological polar surface area (TPSA) is 113 Å². The number of sulfone groups is 1. The zero-order valence-corrected chi connectivity index (χ0v) is 23.5.